The molecule has 0 aliphatic carbocycles. The molecular formula is C23H19F3N6O3. The monoisotopic (exact) mass is 484 g/mol. The van der Waals surface area contributed by atoms with Crippen LogP contribution in [0.1, 0.15) is 16.8 Å². The van der Waals surface area contributed by atoms with Gasteiger partial charge in [0.05, 0.1) is 12.7 Å². The number of hydrogen-bond acceptors (Lipinski definition) is 7. The molecule has 2 aromatic heterocycles. The fourth-order valence-corrected chi connectivity index (χ4v) is 3.09. The zero-order valence-electron chi connectivity index (χ0n) is 18.6. The molecule has 0 aliphatic heterocycles. The van der Waals surface area contributed by atoms with Gasteiger partial charge in [-0.3, -0.25) is 14.2 Å². The lowest BCUT2D eigenvalue weighted by Gasteiger charge is -2.15. The molecule has 2 aromatic carbocycles. The van der Waals surface area contributed by atoms with Crippen molar-refractivity contribution in [2.45, 2.75) is 19.6 Å². The second kappa shape index (κ2) is 9.41. The first kappa shape index (κ1) is 23.7. The largest absolute Gasteiger partial charge is 0.455 e. The van der Waals surface area contributed by atoms with E-state index in [1.165, 1.54) is 19.3 Å². The van der Waals surface area contributed by atoms with E-state index < -0.39 is 17.4 Å². The molecule has 0 fully saturated rings. The maximum Gasteiger partial charge on any atom is 0.440 e. The summed E-state index contributed by atoms with van der Waals surface area (Å²) in [6.45, 7) is 1.73. The number of aromatic nitrogens is 5. The molecule has 0 atom stereocenters. The Kier molecular flexibility index (Phi) is 6.36. The maximum absolute atomic E-state index is 13.3. The summed E-state index contributed by atoms with van der Waals surface area (Å²) in [6, 6.07) is 14.6. The topological polar surface area (TPSA) is 104 Å². The fourth-order valence-electron chi connectivity index (χ4n) is 3.09. The standard InChI is InChI=1S/C23H19F3N6O3/c1-14-3-5-15(6-4-14)13-32-21(34)20(23(24,25)26)29-30-22(32)28-16-7-9-17(10-8-16)35-18-11-19(33)31(2)27-12-18/h3-12H,13H2,1-2H3,(H,28,30). The van der Waals surface area contributed by atoms with Gasteiger partial charge in [0.1, 0.15) is 5.75 Å². The third kappa shape index (κ3) is 5.54. The van der Waals surface area contributed by atoms with Gasteiger partial charge in [-0.2, -0.15) is 18.3 Å². The third-order valence-electron chi connectivity index (χ3n) is 4.97. The van der Waals surface area contributed by atoms with Gasteiger partial charge in [-0.05, 0) is 36.8 Å². The zero-order chi connectivity index (χ0) is 25.2. The van der Waals surface area contributed by atoms with Crippen molar-refractivity contribution in [3.63, 3.8) is 0 Å². The van der Waals surface area contributed by atoms with Crippen LogP contribution in [0.4, 0.5) is 24.8 Å². The number of nitrogens with one attached hydrogen (secondary N) is 1. The van der Waals surface area contributed by atoms with E-state index in [4.69, 9.17) is 4.74 Å². The Morgan fingerprint density at radius 2 is 1.66 bits per heavy atom. The average Bonchev–Trinajstić information content (AvgIpc) is 2.80. The molecule has 1 N–H and O–H groups in total. The predicted octanol–water partition coefficient (Wildman–Crippen LogP) is 3.64. The Balaban J connectivity index is 1.61. The molecule has 0 saturated heterocycles. The van der Waals surface area contributed by atoms with Crippen molar-refractivity contribution in [1.82, 2.24) is 24.5 Å². The van der Waals surface area contributed by atoms with Gasteiger partial charge in [-0.25, -0.2) is 4.68 Å². The molecule has 0 radical (unpaired) electrons. The van der Waals surface area contributed by atoms with Crippen LogP contribution in [0.15, 0.2) is 70.4 Å². The van der Waals surface area contributed by atoms with Crippen molar-refractivity contribution >= 4 is 11.6 Å². The Morgan fingerprint density at radius 3 is 2.29 bits per heavy atom. The van der Waals surface area contributed by atoms with Gasteiger partial charge in [0.15, 0.2) is 5.75 Å². The molecule has 0 unspecified atom stereocenters. The maximum atomic E-state index is 13.3. The number of aryl methyl sites for hydroxylation is 2. The normalized spacial score (nSPS) is 11.3. The minimum atomic E-state index is -4.94. The molecule has 180 valence electrons. The number of benzene rings is 2. The SMILES string of the molecule is Cc1ccc(Cn2c(Nc3ccc(Oc4cnn(C)c(=O)c4)cc3)nnc(C(F)(F)F)c2=O)cc1. The molecule has 2 heterocycles. The van der Waals surface area contributed by atoms with E-state index in [1.54, 1.807) is 48.5 Å². The van der Waals surface area contributed by atoms with E-state index in [0.29, 0.717) is 17.0 Å². The van der Waals surface area contributed by atoms with Crippen molar-refractivity contribution < 1.29 is 17.9 Å². The summed E-state index contributed by atoms with van der Waals surface area (Å²) in [5.41, 5.74) is -1.24. The van der Waals surface area contributed by atoms with Gasteiger partial charge in [-0.1, -0.05) is 29.8 Å². The van der Waals surface area contributed by atoms with Gasteiger partial charge in [-0.15, -0.1) is 10.2 Å². The van der Waals surface area contributed by atoms with Crippen LogP contribution in [0.25, 0.3) is 0 Å². The molecule has 0 saturated carbocycles. The highest BCUT2D eigenvalue weighted by atomic mass is 19.4. The predicted molar refractivity (Wildman–Crippen MR) is 121 cm³/mol. The molecule has 9 nitrogen and oxygen atoms in total. The summed E-state index contributed by atoms with van der Waals surface area (Å²) in [7, 11) is 1.51. The Bertz CT molecular complexity index is 1460. The number of anilines is 2. The van der Waals surface area contributed by atoms with E-state index in [-0.39, 0.29) is 23.8 Å². The van der Waals surface area contributed by atoms with Crippen molar-refractivity contribution in [3.8, 4) is 11.5 Å². The van der Waals surface area contributed by atoms with E-state index in [2.05, 4.69) is 20.6 Å². The summed E-state index contributed by atoms with van der Waals surface area (Å²) in [6.07, 6.45) is -3.56. The highest BCUT2D eigenvalue weighted by molar-refractivity contribution is 5.55. The van der Waals surface area contributed by atoms with Crippen LogP contribution in [-0.2, 0) is 19.8 Å². The number of alkyl halides is 3. The van der Waals surface area contributed by atoms with Gasteiger partial charge in [0, 0.05) is 18.8 Å². The highest BCUT2D eigenvalue weighted by Crippen LogP contribution is 2.26. The van der Waals surface area contributed by atoms with Crippen LogP contribution in [0.2, 0.25) is 0 Å². The van der Waals surface area contributed by atoms with Gasteiger partial charge < -0.3 is 10.1 Å². The molecule has 0 spiro atoms. The summed E-state index contributed by atoms with van der Waals surface area (Å²) in [5, 5.41) is 13.4. The van der Waals surface area contributed by atoms with E-state index >= 15 is 0 Å². The lowest BCUT2D eigenvalue weighted by Crippen LogP contribution is -2.33. The minimum absolute atomic E-state index is 0.142. The summed E-state index contributed by atoms with van der Waals surface area (Å²) in [4.78, 5) is 24.3. The number of nitrogens with zero attached hydrogens (tertiary/aromatic N) is 5. The highest BCUT2D eigenvalue weighted by Gasteiger charge is 2.38. The van der Waals surface area contributed by atoms with Crippen molar-refractivity contribution in [1.29, 1.82) is 0 Å². The minimum Gasteiger partial charge on any atom is -0.455 e. The summed E-state index contributed by atoms with van der Waals surface area (Å²) >= 11 is 0. The van der Waals surface area contributed by atoms with Crippen molar-refractivity contribution in [2.75, 3.05) is 5.32 Å². The lowest BCUT2D eigenvalue weighted by atomic mass is 10.1. The average molecular weight is 484 g/mol. The second-order valence-electron chi connectivity index (χ2n) is 7.65. The van der Waals surface area contributed by atoms with Crippen LogP contribution in [0.5, 0.6) is 11.5 Å². The molecule has 0 aliphatic rings. The van der Waals surface area contributed by atoms with Crippen molar-refractivity contribution in [3.05, 3.63) is 98.3 Å². The number of ether oxygens (including phenoxy) is 1. The second-order valence-corrected chi connectivity index (χ2v) is 7.65. The first-order valence-corrected chi connectivity index (χ1v) is 10.3. The van der Waals surface area contributed by atoms with Crippen LogP contribution in [0.3, 0.4) is 0 Å². The summed E-state index contributed by atoms with van der Waals surface area (Å²) in [5.74, 6) is 0.475. The molecule has 35 heavy (non-hydrogen) atoms. The molecule has 4 rings (SSSR count). The van der Waals surface area contributed by atoms with Gasteiger partial charge >= 0.3 is 6.18 Å². The number of rotatable bonds is 6. The Hall–Kier alpha value is -4.48. The molecule has 0 bridgehead atoms. The quantitative estimate of drug-likeness (QED) is 0.446. The first-order chi connectivity index (χ1) is 16.6. The number of hydrogen-bond donors (Lipinski definition) is 1. The van der Waals surface area contributed by atoms with Gasteiger partial charge in [0.2, 0.25) is 11.6 Å². The van der Waals surface area contributed by atoms with Crippen LogP contribution in [-0.4, -0.2) is 24.5 Å². The van der Waals surface area contributed by atoms with E-state index in [9.17, 15) is 22.8 Å². The fraction of sp³-hybridized carbons (Fsp3) is 0.174. The molecule has 0 amide bonds. The van der Waals surface area contributed by atoms with Gasteiger partial charge in [0.25, 0.3) is 11.1 Å². The van der Waals surface area contributed by atoms with Crippen LogP contribution >= 0.6 is 0 Å². The van der Waals surface area contributed by atoms with E-state index in [0.717, 1.165) is 14.8 Å². The van der Waals surface area contributed by atoms with Crippen molar-refractivity contribution in [2.24, 2.45) is 7.05 Å². The zero-order valence-corrected chi connectivity index (χ0v) is 18.6. The van der Waals surface area contributed by atoms with Crippen LogP contribution in [0, 0.1) is 6.92 Å². The third-order valence-corrected chi connectivity index (χ3v) is 4.97. The smallest absolute Gasteiger partial charge is 0.440 e. The Morgan fingerprint density at radius 1 is 0.971 bits per heavy atom. The van der Waals surface area contributed by atoms with E-state index in [1.807, 2.05) is 6.92 Å². The summed E-state index contributed by atoms with van der Waals surface area (Å²) < 4.78 is 47.5. The lowest BCUT2D eigenvalue weighted by molar-refractivity contribution is -0.143. The number of halogens is 3. The first-order valence-electron chi connectivity index (χ1n) is 10.3. The molecule has 12 heteroatoms. The molecule has 4 aromatic rings. The van der Waals surface area contributed by atoms with Crippen LogP contribution < -0.4 is 21.2 Å². The Labute approximate surface area is 196 Å². The molecular weight excluding hydrogens is 465 g/mol.